The first-order valence-electron chi connectivity index (χ1n) is 9.12. The average molecular weight is 330 g/mol. The number of urea groups is 1. The molecule has 2 amide bonds. The van der Waals surface area contributed by atoms with Crippen LogP contribution in [0.25, 0.3) is 0 Å². The van der Waals surface area contributed by atoms with E-state index in [1.807, 2.05) is 17.0 Å². The highest BCUT2D eigenvalue weighted by Crippen LogP contribution is 2.36. The molecule has 130 valence electrons. The number of nitrogens with one attached hydrogen (secondary N) is 2. The smallest absolute Gasteiger partial charge is 0.321 e. The zero-order valence-corrected chi connectivity index (χ0v) is 14.1. The van der Waals surface area contributed by atoms with Crippen LogP contribution in [0.2, 0.25) is 0 Å². The van der Waals surface area contributed by atoms with Gasteiger partial charge in [-0.2, -0.15) is 0 Å². The lowest BCUT2D eigenvalue weighted by molar-refractivity contribution is 0.201. The number of carbonyl (C=O) groups is 1. The molecule has 1 atom stereocenters. The van der Waals surface area contributed by atoms with Crippen molar-refractivity contribution in [3.63, 3.8) is 0 Å². The Morgan fingerprint density at radius 1 is 1.33 bits per heavy atom. The van der Waals surface area contributed by atoms with Gasteiger partial charge in [0.2, 0.25) is 5.88 Å². The molecule has 3 fully saturated rings. The number of nitrogens with zero attached hydrogens (tertiary/aromatic N) is 2. The van der Waals surface area contributed by atoms with Crippen LogP contribution < -0.4 is 15.4 Å². The van der Waals surface area contributed by atoms with Crippen molar-refractivity contribution in [3.05, 3.63) is 18.3 Å². The summed E-state index contributed by atoms with van der Waals surface area (Å²) in [5.41, 5.74) is 1.03. The standard InChI is InChI=1S/C18H26N4O2/c23-17(22-10-8-18(13-22)7-9-19-12-18)21-14-5-6-16(20-11-14)24-15-3-1-2-4-15/h5-6,11,15,19H,1-4,7-10,12-13H2,(H,21,23). The predicted molar refractivity (Wildman–Crippen MR) is 92.2 cm³/mol. The van der Waals surface area contributed by atoms with E-state index >= 15 is 0 Å². The highest BCUT2D eigenvalue weighted by atomic mass is 16.5. The lowest BCUT2D eigenvalue weighted by atomic mass is 9.87. The van der Waals surface area contributed by atoms with E-state index in [2.05, 4.69) is 15.6 Å². The van der Waals surface area contributed by atoms with E-state index in [1.54, 1.807) is 6.20 Å². The van der Waals surface area contributed by atoms with Crippen LogP contribution in [0.3, 0.4) is 0 Å². The van der Waals surface area contributed by atoms with Crippen LogP contribution in [0, 0.1) is 5.41 Å². The van der Waals surface area contributed by atoms with E-state index in [4.69, 9.17) is 4.74 Å². The molecule has 1 spiro atoms. The molecule has 3 aliphatic rings. The van der Waals surface area contributed by atoms with E-state index in [0.717, 1.165) is 51.1 Å². The van der Waals surface area contributed by atoms with Gasteiger partial charge in [0.15, 0.2) is 0 Å². The van der Waals surface area contributed by atoms with Crippen LogP contribution in [0.15, 0.2) is 18.3 Å². The molecule has 24 heavy (non-hydrogen) atoms. The summed E-state index contributed by atoms with van der Waals surface area (Å²) in [4.78, 5) is 18.7. The lowest BCUT2D eigenvalue weighted by Crippen LogP contribution is -2.36. The van der Waals surface area contributed by atoms with Gasteiger partial charge in [-0.25, -0.2) is 9.78 Å². The fourth-order valence-corrected chi connectivity index (χ4v) is 4.16. The van der Waals surface area contributed by atoms with E-state index in [-0.39, 0.29) is 6.03 Å². The Bertz CT molecular complexity index is 577. The topological polar surface area (TPSA) is 66.5 Å². The number of aromatic nitrogens is 1. The average Bonchev–Trinajstić information content (AvgIpc) is 3.33. The van der Waals surface area contributed by atoms with Crippen molar-refractivity contribution in [2.24, 2.45) is 5.41 Å². The largest absolute Gasteiger partial charge is 0.474 e. The van der Waals surface area contributed by atoms with Crippen molar-refractivity contribution in [1.29, 1.82) is 0 Å². The summed E-state index contributed by atoms with van der Waals surface area (Å²) < 4.78 is 5.86. The van der Waals surface area contributed by atoms with Gasteiger partial charge < -0.3 is 20.3 Å². The van der Waals surface area contributed by atoms with Crippen LogP contribution in [0.4, 0.5) is 10.5 Å². The fraction of sp³-hybridized carbons (Fsp3) is 0.667. The molecule has 6 heteroatoms. The summed E-state index contributed by atoms with van der Waals surface area (Å²) in [6, 6.07) is 3.70. The van der Waals surface area contributed by atoms with Gasteiger partial charge in [0, 0.05) is 31.1 Å². The minimum absolute atomic E-state index is 0.0231. The lowest BCUT2D eigenvalue weighted by Gasteiger charge is -2.23. The third-order valence-corrected chi connectivity index (χ3v) is 5.63. The van der Waals surface area contributed by atoms with Gasteiger partial charge in [-0.1, -0.05) is 0 Å². The summed E-state index contributed by atoms with van der Waals surface area (Å²) in [7, 11) is 0. The molecular weight excluding hydrogens is 304 g/mol. The van der Waals surface area contributed by atoms with Crippen LogP contribution in [0.5, 0.6) is 5.88 Å². The number of amides is 2. The molecule has 2 aliphatic heterocycles. The summed E-state index contributed by atoms with van der Waals surface area (Å²) in [6.45, 7) is 3.79. The Labute approximate surface area is 143 Å². The number of hydrogen-bond acceptors (Lipinski definition) is 4. The van der Waals surface area contributed by atoms with Crippen molar-refractivity contribution >= 4 is 11.7 Å². The second-order valence-electron chi connectivity index (χ2n) is 7.44. The zero-order chi connectivity index (χ0) is 16.4. The minimum Gasteiger partial charge on any atom is -0.474 e. The number of likely N-dealkylation sites (tertiary alicyclic amines) is 1. The van der Waals surface area contributed by atoms with Crippen LogP contribution in [-0.4, -0.2) is 48.2 Å². The predicted octanol–water partition coefficient (Wildman–Crippen LogP) is 2.62. The SMILES string of the molecule is O=C(Nc1ccc(OC2CCCC2)nc1)N1CCC2(CCNC2)C1. The molecule has 1 saturated carbocycles. The van der Waals surface area contributed by atoms with Crippen LogP contribution in [-0.2, 0) is 0 Å². The van der Waals surface area contributed by atoms with Crippen molar-refractivity contribution in [2.45, 2.75) is 44.6 Å². The maximum Gasteiger partial charge on any atom is 0.321 e. The molecule has 0 aromatic carbocycles. The molecule has 6 nitrogen and oxygen atoms in total. The van der Waals surface area contributed by atoms with Crippen molar-refractivity contribution in [2.75, 3.05) is 31.5 Å². The van der Waals surface area contributed by atoms with Gasteiger partial charge >= 0.3 is 6.03 Å². The quantitative estimate of drug-likeness (QED) is 0.894. The molecular formula is C18H26N4O2. The second-order valence-corrected chi connectivity index (χ2v) is 7.44. The van der Waals surface area contributed by atoms with E-state index in [0.29, 0.717) is 17.4 Å². The van der Waals surface area contributed by atoms with Gasteiger partial charge in [0.25, 0.3) is 0 Å². The Morgan fingerprint density at radius 2 is 2.21 bits per heavy atom. The molecule has 2 saturated heterocycles. The first-order valence-corrected chi connectivity index (χ1v) is 9.12. The number of pyridine rings is 1. The molecule has 2 N–H and O–H groups in total. The number of ether oxygens (including phenoxy) is 1. The number of anilines is 1. The number of carbonyl (C=O) groups excluding carboxylic acids is 1. The van der Waals surface area contributed by atoms with Crippen LogP contribution in [0.1, 0.15) is 38.5 Å². The Kier molecular flexibility index (Phi) is 4.31. The van der Waals surface area contributed by atoms with E-state index in [1.165, 1.54) is 19.3 Å². The summed E-state index contributed by atoms with van der Waals surface area (Å²) in [5, 5.41) is 6.38. The molecule has 0 radical (unpaired) electrons. The van der Waals surface area contributed by atoms with E-state index in [9.17, 15) is 4.79 Å². The van der Waals surface area contributed by atoms with Crippen molar-refractivity contribution in [1.82, 2.24) is 15.2 Å². The summed E-state index contributed by atoms with van der Waals surface area (Å²) >= 11 is 0. The van der Waals surface area contributed by atoms with Crippen molar-refractivity contribution < 1.29 is 9.53 Å². The van der Waals surface area contributed by atoms with Crippen molar-refractivity contribution in [3.8, 4) is 5.88 Å². The molecule has 1 unspecified atom stereocenters. The molecule has 3 heterocycles. The van der Waals surface area contributed by atoms with Crippen LogP contribution >= 0.6 is 0 Å². The maximum absolute atomic E-state index is 12.5. The first-order chi connectivity index (χ1) is 11.7. The molecule has 1 aromatic heterocycles. The molecule has 1 aliphatic carbocycles. The highest BCUT2D eigenvalue weighted by Gasteiger charge is 2.41. The first kappa shape index (κ1) is 15.7. The summed E-state index contributed by atoms with van der Waals surface area (Å²) in [6.07, 6.45) is 8.98. The summed E-state index contributed by atoms with van der Waals surface area (Å²) in [5.74, 6) is 0.650. The zero-order valence-electron chi connectivity index (χ0n) is 14.1. The van der Waals surface area contributed by atoms with Gasteiger partial charge in [-0.3, -0.25) is 0 Å². The second kappa shape index (κ2) is 6.59. The Hall–Kier alpha value is -1.82. The molecule has 1 aromatic rings. The van der Waals surface area contributed by atoms with Gasteiger partial charge in [0.1, 0.15) is 6.10 Å². The van der Waals surface area contributed by atoms with E-state index < -0.39 is 0 Å². The number of hydrogen-bond donors (Lipinski definition) is 2. The molecule has 0 bridgehead atoms. The normalized spacial score (nSPS) is 27.1. The third kappa shape index (κ3) is 3.34. The minimum atomic E-state index is -0.0231. The highest BCUT2D eigenvalue weighted by molar-refractivity contribution is 5.89. The maximum atomic E-state index is 12.5. The number of rotatable bonds is 3. The Balaban J connectivity index is 1.31. The third-order valence-electron chi connectivity index (χ3n) is 5.63. The molecule has 4 rings (SSSR count). The fourth-order valence-electron chi connectivity index (χ4n) is 4.16. The van der Waals surface area contributed by atoms with Gasteiger partial charge in [0.05, 0.1) is 11.9 Å². The van der Waals surface area contributed by atoms with Gasteiger partial charge in [-0.05, 0) is 51.1 Å². The Morgan fingerprint density at radius 3 is 2.92 bits per heavy atom. The van der Waals surface area contributed by atoms with Gasteiger partial charge in [-0.15, -0.1) is 0 Å². The monoisotopic (exact) mass is 330 g/mol.